The topological polar surface area (TPSA) is 70.8 Å². The minimum Gasteiger partial charge on any atom is -0.493 e. The Labute approximate surface area is 134 Å². The van der Waals surface area contributed by atoms with Gasteiger partial charge >= 0.3 is 0 Å². The van der Waals surface area contributed by atoms with Crippen LogP contribution in [-0.2, 0) is 0 Å². The van der Waals surface area contributed by atoms with Crippen LogP contribution < -0.4 is 14.2 Å². The lowest BCUT2D eigenvalue weighted by molar-refractivity contribution is -0.400. The molecule has 0 fully saturated rings. The number of nitrogens with zero attached hydrogens (tertiary/aromatic N) is 1. The van der Waals surface area contributed by atoms with E-state index in [1.165, 1.54) is 20.3 Å². The Hall–Kier alpha value is -3.02. The zero-order valence-corrected chi connectivity index (χ0v) is 13.1. The number of ether oxygens (including phenoxy) is 3. The number of hydrogen-bond acceptors (Lipinski definition) is 5. The highest BCUT2D eigenvalue weighted by atomic mass is 16.6. The van der Waals surface area contributed by atoms with Crippen LogP contribution in [0, 0.1) is 10.1 Å². The molecule has 0 aromatic heterocycles. The number of nitro groups is 1. The van der Waals surface area contributed by atoms with Gasteiger partial charge in [-0.25, -0.2) is 0 Å². The second-order valence-corrected chi connectivity index (χ2v) is 4.57. The number of hydrogen-bond donors (Lipinski definition) is 0. The maximum Gasteiger partial charge on any atom is 0.235 e. The van der Waals surface area contributed by atoms with Gasteiger partial charge in [0.05, 0.1) is 26.3 Å². The molecule has 0 spiro atoms. The van der Waals surface area contributed by atoms with Crippen LogP contribution in [0.25, 0.3) is 17.2 Å². The molecule has 23 heavy (non-hydrogen) atoms. The molecule has 0 saturated carbocycles. The second-order valence-electron chi connectivity index (χ2n) is 4.57. The van der Waals surface area contributed by atoms with Gasteiger partial charge in [-0.1, -0.05) is 24.3 Å². The predicted octanol–water partition coefficient (Wildman–Crippen LogP) is 3.63. The molecule has 0 N–H and O–H groups in total. The molecule has 0 amide bonds. The Bertz CT molecular complexity index is 740. The highest BCUT2D eigenvalue weighted by Gasteiger charge is 2.18. The third-order valence-electron chi connectivity index (χ3n) is 3.33. The number of methoxy groups -OCH3 is 3. The summed E-state index contributed by atoms with van der Waals surface area (Å²) in [6.45, 7) is 0. The summed E-state index contributed by atoms with van der Waals surface area (Å²) >= 11 is 0. The van der Waals surface area contributed by atoms with Crippen LogP contribution in [0.4, 0.5) is 0 Å². The lowest BCUT2D eigenvalue weighted by atomic mass is 9.98. The average molecular weight is 315 g/mol. The van der Waals surface area contributed by atoms with E-state index in [1.807, 2.05) is 24.3 Å². The van der Waals surface area contributed by atoms with E-state index in [4.69, 9.17) is 14.2 Å². The van der Waals surface area contributed by atoms with Crippen molar-refractivity contribution in [1.29, 1.82) is 0 Å². The van der Waals surface area contributed by atoms with Crippen LogP contribution in [0.3, 0.4) is 0 Å². The molecule has 6 nitrogen and oxygen atoms in total. The van der Waals surface area contributed by atoms with E-state index in [9.17, 15) is 10.1 Å². The summed E-state index contributed by atoms with van der Waals surface area (Å²) in [6, 6.07) is 10.9. The molecule has 0 saturated heterocycles. The third kappa shape index (κ3) is 3.42. The Balaban J connectivity index is 2.65. The first-order chi connectivity index (χ1) is 11.1. The first-order valence-electron chi connectivity index (χ1n) is 6.82. The first kappa shape index (κ1) is 16.4. The van der Waals surface area contributed by atoms with Gasteiger partial charge < -0.3 is 14.2 Å². The van der Waals surface area contributed by atoms with Gasteiger partial charge in [0.25, 0.3) is 0 Å². The molecule has 2 aromatic rings. The molecule has 0 aliphatic heterocycles. The monoisotopic (exact) mass is 315 g/mol. The van der Waals surface area contributed by atoms with E-state index in [0.29, 0.717) is 22.8 Å². The van der Waals surface area contributed by atoms with Gasteiger partial charge in [-0.3, -0.25) is 10.1 Å². The highest BCUT2D eigenvalue weighted by molar-refractivity contribution is 5.82. The lowest BCUT2D eigenvalue weighted by Crippen LogP contribution is -1.97. The van der Waals surface area contributed by atoms with E-state index in [-0.39, 0.29) is 0 Å². The minimum absolute atomic E-state index is 0.473. The van der Waals surface area contributed by atoms with Crippen molar-refractivity contribution in [2.24, 2.45) is 0 Å². The van der Waals surface area contributed by atoms with Crippen molar-refractivity contribution in [1.82, 2.24) is 0 Å². The molecular weight excluding hydrogens is 298 g/mol. The van der Waals surface area contributed by atoms with Gasteiger partial charge in [-0.15, -0.1) is 0 Å². The van der Waals surface area contributed by atoms with Crippen molar-refractivity contribution < 1.29 is 19.1 Å². The van der Waals surface area contributed by atoms with Gasteiger partial charge in [0.1, 0.15) is 0 Å². The molecule has 0 aliphatic carbocycles. The standard InChI is InChI=1S/C17H17NO5/c1-21-15-9-8-14(16(22-2)17(15)23-3)13-7-5-4-6-12(13)10-11-18(19)20/h4-11H,1-3H3. The molecule has 0 radical (unpaired) electrons. The maximum atomic E-state index is 10.6. The van der Waals surface area contributed by atoms with Crippen molar-refractivity contribution in [3.63, 3.8) is 0 Å². The van der Waals surface area contributed by atoms with Crippen LogP contribution in [0.2, 0.25) is 0 Å². The molecule has 6 heteroatoms. The normalized spacial score (nSPS) is 10.6. The van der Waals surface area contributed by atoms with Crippen LogP contribution in [0.5, 0.6) is 17.2 Å². The van der Waals surface area contributed by atoms with Crippen molar-refractivity contribution in [2.75, 3.05) is 21.3 Å². The summed E-state index contributed by atoms with van der Waals surface area (Å²) in [5.41, 5.74) is 2.26. The molecule has 2 rings (SSSR count). The van der Waals surface area contributed by atoms with E-state index < -0.39 is 4.92 Å². The fraction of sp³-hybridized carbons (Fsp3) is 0.176. The third-order valence-corrected chi connectivity index (χ3v) is 3.33. The summed E-state index contributed by atoms with van der Waals surface area (Å²) < 4.78 is 16.1. The molecular formula is C17H17NO5. The van der Waals surface area contributed by atoms with Crippen LogP contribution in [-0.4, -0.2) is 26.3 Å². The van der Waals surface area contributed by atoms with Gasteiger partial charge in [0, 0.05) is 11.6 Å². The fourth-order valence-corrected chi connectivity index (χ4v) is 2.34. The van der Waals surface area contributed by atoms with E-state index >= 15 is 0 Å². The second kappa shape index (κ2) is 7.31. The fourth-order valence-electron chi connectivity index (χ4n) is 2.34. The quantitative estimate of drug-likeness (QED) is 0.601. The van der Waals surface area contributed by atoms with Crippen LogP contribution >= 0.6 is 0 Å². The van der Waals surface area contributed by atoms with Crippen molar-refractivity contribution in [3.05, 3.63) is 58.3 Å². The summed E-state index contributed by atoms with van der Waals surface area (Å²) in [5, 5.41) is 10.6. The number of rotatable bonds is 6. The average Bonchev–Trinajstić information content (AvgIpc) is 2.58. The first-order valence-corrected chi connectivity index (χ1v) is 6.82. The molecule has 2 aromatic carbocycles. The minimum atomic E-state index is -0.497. The van der Waals surface area contributed by atoms with Crippen LogP contribution in [0.15, 0.2) is 42.6 Å². The summed E-state index contributed by atoms with van der Waals surface area (Å²) in [6.07, 6.45) is 2.36. The zero-order valence-electron chi connectivity index (χ0n) is 13.1. The number of benzene rings is 2. The zero-order chi connectivity index (χ0) is 16.8. The SMILES string of the molecule is COc1ccc(-c2ccccc2C=C[N+](=O)[O-])c(OC)c1OC. The summed E-state index contributed by atoms with van der Waals surface area (Å²) in [5.74, 6) is 1.53. The Kier molecular flexibility index (Phi) is 5.19. The van der Waals surface area contributed by atoms with Crippen LogP contribution in [0.1, 0.15) is 5.56 Å². The largest absolute Gasteiger partial charge is 0.493 e. The van der Waals surface area contributed by atoms with Gasteiger partial charge in [-0.05, 0) is 23.3 Å². The Morgan fingerprint density at radius 1 is 0.913 bits per heavy atom. The van der Waals surface area contributed by atoms with E-state index in [0.717, 1.165) is 17.3 Å². The van der Waals surface area contributed by atoms with Crippen molar-refractivity contribution in [2.45, 2.75) is 0 Å². The maximum absolute atomic E-state index is 10.6. The highest BCUT2D eigenvalue weighted by Crippen LogP contribution is 2.45. The van der Waals surface area contributed by atoms with E-state index in [2.05, 4.69) is 0 Å². The van der Waals surface area contributed by atoms with Gasteiger partial charge in [0.2, 0.25) is 11.9 Å². The van der Waals surface area contributed by atoms with Crippen molar-refractivity contribution >= 4 is 6.08 Å². The molecule has 0 atom stereocenters. The molecule has 0 unspecified atom stereocenters. The van der Waals surface area contributed by atoms with Crippen molar-refractivity contribution in [3.8, 4) is 28.4 Å². The van der Waals surface area contributed by atoms with E-state index in [1.54, 1.807) is 19.2 Å². The Morgan fingerprint density at radius 3 is 2.22 bits per heavy atom. The molecule has 120 valence electrons. The molecule has 0 bridgehead atoms. The smallest absolute Gasteiger partial charge is 0.235 e. The summed E-state index contributed by atoms with van der Waals surface area (Å²) in [4.78, 5) is 10.1. The lowest BCUT2D eigenvalue weighted by Gasteiger charge is -2.16. The van der Waals surface area contributed by atoms with Gasteiger partial charge in [0.15, 0.2) is 11.5 Å². The Morgan fingerprint density at radius 2 is 1.61 bits per heavy atom. The predicted molar refractivity (Wildman–Crippen MR) is 87.6 cm³/mol. The molecule has 0 aliphatic rings. The molecule has 0 heterocycles. The van der Waals surface area contributed by atoms with Gasteiger partial charge in [-0.2, -0.15) is 0 Å². The summed E-state index contributed by atoms with van der Waals surface area (Å²) in [7, 11) is 4.61.